The van der Waals surface area contributed by atoms with E-state index in [2.05, 4.69) is 5.32 Å². The van der Waals surface area contributed by atoms with Crippen molar-refractivity contribution in [2.45, 2.75) is 45.5 Å². The van der Waals surface area contributed by atoms with Crippen molar-refractivity contribution in [3.05, 3.63) is 39.4 Å². The molecular weight excluding hydrogens is 304 g/mol. The van der Waals surface area contributed by atoms with E-state index in [-0.39, 0.29) is 17.8 Å². The molecule has 1 amide bonds. The summed E-state index contributed by atoms with van der Waals surface area (Å²) in [6, 6.07) is 4.34. The fourth-order valence-corrected chi connectivity index (χ4v) is 2.02. The third-order valence-electron chi connectivity index (χ3n) is 3.01. The molecule has 2 atom stereocenters. The van der Waals surface area contributed by atoms with Crippen molar-refractivity contribution in [2.24, 2.45) is 0 Å². The van der Waals surface area contributed by atoms with Gasteiger partial charge in [0.25, 0.3) is 5.69 Å². The number of benzene rings is 1. The Morgan fingerprint density at radius 3 is 2.52 bits per heavy atom. The highest BCUT2D eigenvalue weighted by molar-refractivity contribution is 5.67. The fraction of sp³-hybridized carbons (Fsp3) is 0.533. The largest absolute Gasteiger partial charge is 0.444 e. The van der Waals surface area contributed by atoms with Gasteiger partial charge in [-0.3, -0.25) is 10.1 Å². The minimum Gasteiger partial charge on any atom is -0.444 e. The van der Waals surface area contributed by atoms with E-state index in [1.165, 1.54) is 12.1 Å². The molecule has 0 bridgehead atoms. The molecule has 2 unspecified atom stereocenters. The minimum absolute atomic E-state index is 0.0241. The molecule has 0 spiro atoms. The van der Waals surface area contributed by atoms with Crippen LogP contribution >= 0.6 is 0 Å². The smallest absolute Gasteiger partial charge is 0.407 e. The van der Waals surface area contributed by atoms with Crippen LogP contribution in [0.3, 0.4) is 0 Å². The Labute approximate surface area is 134 Å². The van der Waals surface area contributed by atoms with Crippen LogP contribution < -0.4 is 5.32 Å². The molecule has 0 saturated heterocycles. The van der Waals surface area contributed by atoms with E-state index >= 15 is 0 Å². The molecule has 1 rings (SSSR count). The van der Waals surface area contributed by atoms with E-state index in [0.717, 1.165) is 0 Å². The van der Waals surface area contributed by atoms with Gasteiger partial charge in [0.1, 0.15) is 17.8 Å². The van der Waals surface area contributed by atoms with Crippen molar-refractivity contribution < 1.29 is 24.7 Å². The van der Waals surface area contributed by atoms with E-state index < -0.39 is 28.8 Å². The summed E-state index contributed by atoms with van der Waals surface area (Å²) in [5.74, 6) is 0. The maximum Gasteiger partial charge on any atom is 0.407 e. The van der Waals surface area contributed by atoms with Crippen LogP contribution in [0.4, 0.5) is 10.5 Å². The van der Waals surface area contributed by atoms with Crippen LogP contribution in [0.1, 0.15) is 38.0 Å². The number of carbonyl (C=O) groups excluding carboxylic acids is 1. The lowest BCUT2D eigenvalue weighted by Crippen LogP contribution is -2.39. The third kappa shape index (κ3) is 5.50. The second-order valence-corrected chi connectivity index (χ2v) is 6.16. The van der Waals surface area contributed by atoms with Crippen LogP contribution in [-0.2, 0) is 4.74 Å². The first-order chi connectivity index (χ1) is 10.5. The lowest BCUT2D eigenvalue weighted by molar-refractivity contribution is -0.386. The number of nitro groups is 1. The molecule has 0 aliphatic carbocycles. The summed E-state index contributed by atoms with van der Waals surface area (Å²) < 4.78 is 5.01. The number of amides is 1. The molecule has 1 aromatic rings. The first-order valence-electron chi connectivity index (χ1n) is 7.10. The molecule has 23 heavy (non-hydrogen) atoms. The molecule has 0 saturated carbocycles. The number of hydrogen-bond donors (Lipinski definition) is 3. The summed E-state index contributed by atoms with van der Waals surface area (Å²) in [6.45, 7) is 6.36. The lowest BCUT2D eigenvalue weighted by Gasteiger charge is -2.22. The van der Waals surface area contributed by atoms with Crippen molar-refractivity contribution in [3.63, 3.8) is 0 Å². The lowest BCUT2D eigenvalue weighted by atomic mass is 9.97. The average molecular weight is 326 g/mol. The van der Waals surface area contributed by atoms with E-state index in [4.69, 9.17) is 4.74 Å². The highest BCUT2D eigenvalue weighted by atomic mass is 16.6. The first-order valence-corrected chi connectivity index (χ1v) is 7.10. The summed E-state index contributed by atoms with van der Waals surface area (Å²) in [7, 11) is 0. The van der Waals surface area contributed by atoms with Gasteiger partial charge < -0.3 is 20.3 Å². The number of nitrogens with one attached hydrogen (secondary N) is 1. The van der Waals surface area contributed by atoms with Gasteiger partial charge in [0, 0.05) is 12.6 Å². The van der Waals surface area contributed by atoms with E-state index in [0.29, 0.717) is 5.56 Å². The monoisotopic (exact) mass is 326 g/mol. The van der Waals surface area contributed by atoms with E-state index in [9.17, 15) is 25.1 Å². The Balaban J connectivity index is 2.80. The van der Waals surface area contributed by atoms with E-state index in [1.54, 1.807) is 33.8 Å². The van der Waals surface area contributed by atoms with Gasteiger partial charge in [-0.15, -0.1) is 0 Å². The Hall–Kier alpha value is -2.19. The van der Waals surface area contributed by atoms with Crippen LogP contribution in [0.15, 0.2) is 18.2 Å². The quantitative estimate of drug-likeness (QED) is 0.560. The van der Waals surface area contributed by atoms with Crippen molar-refractivity contribution in [2.75, 3.05) is 6.54 Å². The molecule has 0 heterocycles. The maximum absolute atomic E-state index is 11.5. The van der Waals surface area contributed by atoms with Crippen LogP contribution in [-0.4, -0.2) is 39.5 Å². The number of alkyl carbamates (subject to hydrolysis) is 1. The number of carbonyl (C=O) groups is 1. The zero-order valence-corrected chi connectivity index (χ0v) is 13.6. The van der Waals surface area contributed by atoms with Crippen molar-refractivity contribution in [1.82, 2.24) is 5.32 Å². The zero-order valence-electron chi connectivity index (χ0n) is 13.6. The summed E-state index contributed by atoms with van der Waals surface area (Å²) in [5, 5.41) is 33.6. The number of aliphatic hydroxyl groups is 2. The second-order valence-electron chi connectivity index (χ2n) is 6.16. The highest BCUT2D eigenvalue weighted by Gasteiger charge is 2.28. The number of aryl methyl sites for hydroxylation is 1. The molecule has 8 nitrogen and oxygen atoms in total. The zero-order chi connectivity index (χ0) is 17.8. The van der Waals surface area contributed by atoms with Crippen LogP contribution in [0.5, 0.6) is 0 Å². The molecular formula is C15H22N2O6. The number of aliphatic hydroxyl groups excluding tert-OH is 2. The molecule has 0 fully saturated rings. The SMILES string of the molecule is Cc1cccc([N+](=O)[O-])c1C(O)C(O)CNC(=O)OC(C)(C)C. The fourth-order valence-electron chi connectivity index (χ4n) is 2.02. The van der Waals surface area contributed by atoms with Gasteiger partial charge in [-0.25, -0.2) is 4.79 Å². The second kappa shape index (κ2) is 7.38. The Kier molecular flexibility index (Phi) is 6.05. The van der Waals surface area contributed by atoms with Crippen molar-refractivity contribution in [3.8, 4) is 0 Å². The topological polar surface area (TPSA) is 122 Å². The molecule has 0 aliphatic heterocycles. The Morgan fingerprint density at radius 2 is 2.00 bits per heavy atom. The Bertz CT molecular complexity index is 582. The van der Waals surface area contributed by atoms with Crippen LogP contribution in [0, 0.1) is 17.0 Å². The molecule has 128 valence electrons. The van der Waals surface area contributed by atoms with Crippen LogP contribution in [0.25, 0.3) is 0 Å². The van der Waals surface area contributed by atoms with Crippen molar-refractivity contribution in [1.29, 1.82) is 0 Å². The average Bonchev–Trinajstić information content (AvgIpc) is 2.41. The van der Waals surface area contributed by atoms with Gasteiger partial charge in [0.15, 0.2) is 0 Å². The number of rotatable bonds is 5. The molecule has 0 aliphatic rings. The third-order valence-corrected chi connectivity index (χ3v) is 3.01. The summed E-state index contributed by atoms with van der Waals surface area (Å²) in [5.41, 5.74) is -0.476. The number of nitrogens with zero attached hydrogens (tertiary/aromatic N) is 1. The molecule has 8 heteroatoms. The maximum atomic E-state index is 11.5. The normalized spacial score (nSPS) is 14.0. The predicted molar refractivity (Wildman–Crippen MR) is 83.0 cm³/mol. The summed E-state index contributed by atoms with van der Waals surface area (Å²) in [6.07, 6.45) is -3.67. The number of ether oxygens (including phenoxy) is 1. The minimum atomic E-state index is -1.51. The molecule has 0 radical (unpaired) electrons. The Morgan fingerprint density at radius 1 is 1.39 bits per heavy atom. The van der Waals surface area contributed by atoms with E-state index in [1.807, 2.05) is 0 Å². The first kappa shape index (κ1) is 18.9. The predicted octanol–water partition coefficient (Wildman–Crippen LogP) is 1.82. The molecule has 1 aromatic carbocycles. The van der Waals surface area contributed by atoms with Gasteiger partial charge in [-0.2, -0.15) is 0 Å². The molecule has 0 aromatic heterocycles. The van der Waals surface area contributed by atoms with Crippen LogP contribution in [0.2, 0.25) is 0 Å². The summed E-state index contributed by atoms with van der Waals surface area (Å²) in [4.78, 5) is 22.0. The standard InChI is InChI=1S/C15H22N2O6/c1-9-6-5-7-10(17(21)22)12(9)13(19)11(18)8-16-14(20)23-15(2,3)4/h5-7,11,13,18-19H,8H2,1-4H3,(H,16,20). The van der Waals surface area contributed by atoms with Gasteiger partial charge in [-0.05, 0) is 33.3 Å². The van der Waals surface area contributed by atoms with Gasteiger partial charge in [-0.1, -0.05) is 12.1 Å². The van der Waals surface area contributed by atoms with Gasteiger partial charge >= 0.3 is 6.09 Å². The number of nitro benzene ring substituents is 1. The van der Waals surface area contributed by atoms with Gasteiger partial charge in [0.05, 0.1) is 10.5 Å². The highest BCUT2D eigenvalue weighted by Crippen LogP contribution is 2.30. The molecule has 3 N–H and O–H groups in total. The summed E-state index contributed by atoms with van der Waals surface area (Å²) >= 11 is 0. The van der Waals surface area contributed by atoms with Gasteiger partial charge in [0.2, 0.25) is 0 Å². The number of hydrogen-bond acceptors (Lipinski definition) is 6. The van der Waals surface area contributed by atoms with Crippen molar-refractivity contribution >= 4 is 11.8 Å².